The summed E-state index contributed by atoms with van der Waals surface area (Å²) in [5, 5.41) is 8.33. The Hall–Kier alpha value is -2.65. The number of nitrogens with zero attached hydrogens (tertiary/aromatic N) is 1. The van der Waals surface area contributed by atoms with Crippen molar-refractivity contribution in [3.63, 3.8) is 0 Å². The topological polar surface area (TPSA) is 151 Å². The molecule has 0 heterocycles. The number of nitrogens with one attached hydrogen (secondary N) is 3. The van der Waals surface area contributed by atoms with Crippen LogP contribution >= 0.6 is 0 Å². The predicted molar refractivity (Wildman–Crippen MR) is 146 cm³/mol. The third kappa shape index (κ3) is 10.3. The van der Waals surface area contributed by atoms with Gasteiger partial charge in [0.05, 0.1) is 12.6 Å². The molecule has 0 aliphatic heterocycles. The molecule has 2 fully saturated rings. The van der Waals surface area contributed by atoms with Crippen LogP contribution in [0.4, 0.5) is 4.79 Å². The van der Waals surface area contributed by atoms with Gasteiger partial charge in [0, 0.05) is 12.1 Å². The molecule has 2 aliphatic carbocycles. The van der Waals surface area contributed by atoms with Crippen molar-refractivity contribution in [2.24, 2.45) is 23.0 Å². The van der Waals surface area contributed by atoms with E-state index in [0.29, 0.717) is 18.9 Å². The second kappa shape index (κ2) is 13.4. The molecule has 0 radical (unpaired) electrons. The Kier molecular flexibility index (Phi) is 11.2. The molecule has 10 nitrogen and oxygen atoms in total. The molecular weight excluding hydrogens is 486 g/mol. The first-order valence-electron chi connectivity index (χ1n) is 14.1. The van der Waals surface area contributed by atoms with Gasteiger partial charge in [-0.15, -0.1) is 0 Å². The van der Waals surface area contributed by atoms with E-state index < -0.39 is 46.7 Å². The number of ketones is 1. The largest absolute Gasteiger partial charge is 0.363 e. The molecule has 10 heteroatoms. The van der Waals surface area contributed by atoms with Gasteiger partial charge in [0.2, 0.25) is 17.6 Å². The third-order valence-corrected chi connectivity index (χ3v) is 7.49. The fraction of sp³-hybridized carbons (Fsp3) is 0.821. The van der Waals surface area contributed by atoms with Gasteiger partial charge < -0.3 is 26.6 Å². The average molecular weight is 536 g/mol. The maximum Gasteiger partial charge on any atom is 0.315 e. The molecule has 1 unspecified atom stereocenters. The Morgan fingerprint density at radius 2 is 1.45 bits per heavy atom. The van der Waals surface area contributed by atoms with Crippen molar-refractivity contribution in [3.8, 4) is 0 Å². The molecule has 5 N–H and O–H groups in total. The summed E-state index contributed by atoms with van der Waals surface area (Å²) in [7, 11) is 0. The number of Topliss-reactive ketones (excluding diaryl/α,β-unsaturated/α-hetero) is 1. The Bertz CT molecular complexity index is 866. The number of hydrogen-bond acceptors (Lipinski definition) is 5. The van der Waals surface area contributed by atoms with E-state index in [1.54, 1.807) is 0 Å². The highest BCUT2D eigenvalue weighted by Crippen LogP contribution is 2.31. The van der Waals surface area contributed by atoms with Crippen LogP contribution in [0.2, 0.25) is 0 Å². The van der Waals surface area contributed by atoms with Gasteiger partial charge in [-0.3, -0.25) is 19.2 Å². The quantitative estimate of drug-likeness (QED) is 0.283. The van der Waals surface area contributed by atoms with Gasteiger partial charge in [-0.1, -0.05) is 65.7 Å². The lowest BCUT2D eigenvalue weighted by Gasteiger charge is -2.36. The minimum Gasteiger partial charge on any atom is -0.363 e. The van der Waals surface area contributed by atoms with Crippen molar-refractivity contribution < 1.29 is 24.0 Å². The zero-order chi connectivity index (χ0) is 28.7. The van der Waals surface area contributed by atoms with Crippen molar-refractivity contribution >= 4 is 29.5 Å². The van der Waals surface area contributed by atoms with Crippen molar-refractivity contribution in [2.75, 3.05) is 13.1 Å². The van der Waals surface area contributed by atoms with Gasteiger partial charge in [-0.05, 0) is 50.9 Å². The molecule has 0 aromatic carbocycles. The smallest absolute Gasteiger partial charge is 0.315 e. The third-order valence-electron chi connectivity index (χ3n) is 7.49. The van der Waals surface area contributed by atoms with Crippen molar-refractivity contribution in [3.05, 3.63) is 0 Å². The molecule has 2 saturated carbocycles. The summed E-state index contributed by atoms with van der Waals surface area (Å²) in [5.41, 5.74) is 4.13. The second-order valence-corrected chi connectivity index (χ2v) is 13.2. The van der Waals surface area contributed by atoms with Crippen LogP contribution in [0.5, 0.6) is 0 Å². The first kappa shape index (κ1) is 31.6. The summed E-state index contributed by atoms with van der Waals surface area (Å²) < 4.78 is 0. The Balaban J connectivity index is 2.19. The number of amides is 5. The first-order chi connectivity index (χ1) is 17.6. The minimum absolute atomic E-state index is 0.263. The van der Waals surface area contributed by atoms with Gasteiger partial charge in [-0.2, -0.15) is 0 Å². The highest BCUT2D eigenvalue weighted by atomic mass is 16.2. The van der Waals surface area contributed by atoms with E-state index >= 15 is 0 Å². The van der Waals surface area contributed by atoms with Crippen LogP contribution in [-0.2, 0) is 19.2 Å². The number of hydrogen-bond donors (Lipinski definition) is 4. The lowest BCUT2D eigenvalue weighted by atomic mass is 9.80. The van der Waals surface area contributed by atoms with Gasteiger partial charge >= 0.3 is 6.03 Å². The van der Waals surface area contributed by atoms with Crippen LogP contribution in [0.15, 0.2) is 0 Å². The number of carbonyl (C=O) groups is 5. The van der Waals surface area contributed by atoms with E-state index in [0.717, 1.165) is 51.4 Å². The maximum absolute atomic E-state index is 13.9. The average Bonchev–Trinajstić information content (AvgIpc) is 3.27. The van der Waals surface area contributed by atoms with E-state index in [1.807, 2.05) is 41.5 Å². The molecule has 2 atom stereocenters. The lowest BCUT2D eigenvalue weighted by Crippen LogP contribution is -2.60. The van der Waals surface area contributed by atoms with Gasteiger partial charge in [0.25, 0.3) is 5.91 Å². The summed E-state index contributed by atoms with van der Waals surface area (Å²) in [5.74, 6) is -2.02. The second-order valence-electron chi connectivity index (χ2n) is 13.2. The first-order valence-corrected chi connectivity index (χ1v) is 14.1. The summed E-state index contributed by atoms with van der Waals surface area (Å²) in [6.45, 7) is 11.2. The molecule has 38 heavy (non-hydrogen) atoms. The normalized spacial score (nSPS) is 18.2. The number of primary amides is 1. The van der Waals surface area contributed by atoms with Crippen LogP contribution in [0.25, 0.3) is 0 Å². The number of urea groups is 1. The van der Waals surface area contributed by atoms with E-state index in [2.05, 4.69) is 16.0 Å². The van der Waals surface area contributed by atoms with E-state index in [4.69, 9.17) is 5.73 Å². The van der Waals surface area contributed by atoms with Crippen molar-refractivity contribution in [1.82, 2.24) is 20.9 Å². The SMILES string of the molecule is CC(C)(C)NC(=O)N[C@H](C(=O)N(CCC1CCCC1)CC(=O)NC(CC1CCC1)C(=O)C(N)=O)C(C)(C)C. The summed E-state index contributed by atoms with van der Waals surface area (Å²) in [6, 6.07) is -2.33. The van der Waals surface area contributed by atoms with Crippen molar-refractivity contribution in [1.29, 1.82) is 0 Å². The van der Waals surface area contributed by atoms with Crippen LogP contribution in [0.3, 0.4) is 0 Å². The van der Waals surface area contributed by atoms with Crippen LogP contribution in [0, 0.1) is 17.3 Å². The highest BCUT2D eigenvalue weighted by molar-refractivity contribution is 6.37. The zero-order valence-electron chi connectivity index (χ0n) is 24.2. The number of nitrogens with two attached hydrogens (primary N) is 1. The van der Waals surface area contributed by atoms with Gasteiger partial charge in [0.1, 0.15) is 6.04 Å². The Labute approximate surface area is 227 Å². The molecule has 0 saturated heterocycles. The lowest BCUT2D eigenvalue weighted by molar-refractivity contribution is -0.141. The molecule has 0 spiro atoms. The molecule has 5 amide bonds. The molecule has 0 bridgehead atoms. The van der Waals surface area contributed by atoms with Crippen LogP contribution in [-0.4, -0.2) is 65.1 Å². The number of carbonyl (C=O) groups excluding carboxylic acids is 5. The molecule has 0 aromatic heterocycles. The van der Waals surface area contributed by atoms with E-state index in [-0.39, 0.29) is 18.4 Å². The molecular formula is C28H49N5O5. The summed E-state index contributed by atoms with van der Waals surface area (Å²) in [6.07, 6.45) is 8.59. The molecule has 216 valence electrons. The Morgan fingerprint density at radius 3 is 1.92 bits per heavy atom. The molecule has 0 aromatic rings. The monoisotopic (exact) mass is 535 g/mol. The fourth-order valence-electron chi connectivity index (χ4n) is 5.12. The van der Waals surface area contributed by atoms with Gasteiger partial charge in [0.15, 0.2) is 0 Å². The highest BCUT2D eigenvalue weighted by Gasteiger charge is 2.38. The van der Waals surface area contributed by atoms with Crippen LogP contribution in [0.1, 0.15) is 99.3 Å². The summed E-state index contributed by atoms with van der Waals surface area (Å²) >= 11 is 0. The molecule has 2 aliphatic rings. The van der Waals surface area contributed by atoms with E-state index in [9.17, 15) is 24.0 Å². The van der Waals surface area contributed by atoms with E-state index in [1.165, 1.54) is 4.90 Å². The number of rotatable bonds is 12. The predicted octanol–water partition coefficient (Wildman–Crippen LogP) is 2.64. The minimum atomic E-state index is -1.08. The van der Waals surface area contributed by atoms with Crippen molar-refractivity contribution in [2.45, 2.75) is 117 Å². The summed E-state index contributed by atoms with van der Waals surface area (Å²) in [4.78, 5) is 65.2. The fourth-order valence-corrected chi connectivity index (χ4v) is 5.12. The van der Waals surface area contributed by atoms with Crippen LogP contribution < -0.4 is 21.7 Å². The Morgan fingerprint density at radius 1 is 0.868 bits per heavy atom. The molecule has 2 rings (SSSR count). The standard InChI is InChI=1S/C28H49N5O5/c1-27(2,3)23(31-26(38)32-28(4,5)6)25(37)33(15-14-18-10-7-8-11-18)17-21(34)30-20(22(35)24(29)36)16-19-12-9-13-19/h18-20,23H,7-17H2,1-6H3,(H2,29,36)(H,30,34)(H2,31,32,38)/t20?,23-/m1/s1. The maximum atomic E-state index is 13.9. The van der Waals surface area contributed by atoms with Gasteiger partial charge in [-0.25, -0.2) is 4.79 Å². The zero-order valence-corrected chi connectivity index (χ0v) is 24.2.